The van der Waals surface area contributed by atoms with Crippen LogP contribution in [0.3, 0.4) is 0 Å². The number of carboxylic acid groups (broad SMARTS) is 1. The van der Waals surface area contributed by atoms with E-state index >= 15 is 0 Å². The second-order valence-electron chi connectivity index (χ2n) is 3.55. The minimum absolute atomic E-state index is 0.174. The van der Waals surface area contributed by atoms with Gasteiger partial charge in [0.1, 0.15) is 0 Å². The van der Waals surface area contributed by atoms with Gasteiger partial charge in [-0.15, -0.1) is 11.3 Å². The summed E-state index contributed by atoms with van der Waals surface area (Å²) in [5.41, 5.74) is 0.174. The minimum atomic E-state index is -0.946. The van der Waals surface area contributed by atoms with Crippen molar-refractivity contribution in [3.8, 4) is 0 Å². The molecule has 1 heterocycles. The summed E-state index contributed by atoms with van der Waals surface area (Å²) >= 11 is 1.41. The van der Waals surface area contributed by atoms with Crippen LogP contribution in [0.15, 0.2) is 0 Å². The van der Waals surface area contributed by atoms with Crippen molar-refractivity contribution in [1.29, 1.82) is 0 Å². The molecule has 1 saturated carbocycles. The highest BCUT2D eigenvalue weighted by atomic mass is 32.1. The van der Waals surface area contributed by atoms with Gasteiger partial charge in [-0.25, -0.2) is 9.78 Å². The molecule has 1 aromatic rings. The fourth-order valence-electron chi connectivity index (χ4n) is 1.22. The topological polar surface area (TPSA) is 62.2 Å². The number of anilines is 1. The van der Waals surface area contributed by atoms with Crippen LogP contribution in [0.5, 0.6) is 0 Å². The molecule has 0 radical (unpaired) electrons. The van der Waals surface area contributed by atoms with E-state index in [0.717, 1.165) is 22.5 Å². The molecule has 0 unspecified atom stereocenters. The molecular formula is C9H12N2O2S. The van der Waals surface area contributed by atoms with Gasteiger partial charge >= 0.3 is 5.97 Å². The molecule has 4 nitrogen and oxygen atoms in total. The summed E-state index contributed by atoms with van der Waals surface area (Å²) in [6, 6.07) is 0. The van der Waals surface area contributed by atoms with Crippen LogP contribution >= 0.6 is 11.3 Å². The van der Waals surface area contributed by atoms with Crippen molar-refractivity contribution in [2.24, 2.45) is 5.92 Å². The van der Waals surface area contributed by atoms with E-state index in [4.69, 9.17) is 5.11 Å². The Morgan fingerprint density at radius 1 is 1.71 bits per heavy atom. The third kappa shape index (κ3) is 2.04. The zero-order chi connectivity index (χ0) is 10.1. The van der Waals surface area contributed by atoms with Crippen LogP contribution in [0.4, 0.5) is 5.13 Å². The normalized spacial score (nSPS) is 15.5. The molecule has 0 atom stereocenters. The Morgan fingerprint density at radius 2 is 2.43 bits per heavy atom. The molecule has 2 N–H and O–H groups in total. The number of hydrogen-bond acceptors (Lipinski definition) is 4. The molecule has 5 heteroatoms. The maximum absolute atomic E-state index is 10.7. The van der Waals surface area contributed by atoms with Crippen LogP contribution in [0, 0.1) is 12.8 Å². The predicted octanol–water partition coefficient (Wildman–Crippen LogP) is 1.97. The third-order valence-corrected chi connectivity index (χ3v) is 3.17. The third-order valence-electron chi connectivity index (χ3n) is 2.24. The lowest BCUT2D eigenvalue weighted by Gasteiger charge is -1.97. The van der Waals surface area contributed by atoms with Crippen LogP contribution in [0.1, 0.15) is 28.2 Å². The lowest BCUT2D eigenvalue weighted by Crippen LogP contribution is -2.04. The van der Waals surface area contributed by atoms with Crippen LogP contribution < -0.4 is 5.32 Å². The van der Waals surface area contributed by atoms with Crippen molar-refractivity contribution in [1.82, 2.24) is 4.98 Å². The Bertz CT molecular complexity index is 358. The summed E-state index contributed by atoms with van der Waals surface area (Å²) in [5, 5.41) is 12.7. The van der Waals surface area contributed by atoms with Gasteiger partial charge in [0.15, 0.2) is 10.8 Å². The second kappa shape index (κ2) is 3.57. The van der Waals surface area contributed by atoms with E-state index in [1.165, 1.54) is 24.2 Å². The highest BCUT2D eigenvalue weighted by molar-refractivity contribution is 7.15. The van der Waals surface area contributed by atoms with Gasteiger partial charge in [-0.2, -0.15) is 0 Å². The molecule has 0 amide bonds. The van der Waals surface area contributed by atoms with Gasteiger partial charge in [0.2, 0.25) is 0 Å². The van der Waals surface area contributed by atoms with Crippen LogP contribution in [0.2, 0.25) is 0 Å². The van der Waals surface area contributed by atoms with E-state index in [-0.39, 0.29) is 5.69 Å². The molecule has 1 fully saturated rings. The Labute approximate surface area is 86.0 Å². The molecule has 14 heavy (non-hydrogen) atoms. The molecule has 0 aromatic carbocycles. The lowest BCUT2D eigenvalue weighted by molar-refractivity contribution is 0.0690. The number of thiazole rings is 1. The summed E-state index contributed by atoms with van der Waals surface area (Å²) in [6.45, 7) is 2.70. The summed E-state index contributed by atoms with van der Waals surface area (Å²) in [7, 11) is 0. The zero-order valence-electron chi connectivity index (χ0n) is 7.91. The summed E-state index contributed by atoms with van der Waals surface area (Å²) in [5.74, 6) is -0.175. The van der Waals surface area contributed by atoms with Gasteiger partial charge in [-0.1, -0.05) is 0 Å². The monoisotopic (exact) mass is 212 g/mol. The number of hydrogen-bond donors (Lipinski definition) is 2. The highest BCUT2D eigenvalue weighted by Crippen LogP contribution is 2.30. The lowest BCUT2D eigenvalue weighted by atomic mass is 10.4. The Balaban J connectivity index is 2.02. The van der Waals surface area contributed by atoms with Crippen LogP contribution in [0.25, 0.3) is 0 Å². The maximum atomic E-state index is 10.7. The quantitative estimate of drug-likeness (QED) is 0.801. The van der Waals surface area contributed by atoms with Crippen molar-refractivity contribution in [3.05, 3.63) is 10.6 Å². The average molecular weight is 212 g/mol. The zero-order valence-corrected chi connectivity index (χ0v) is 8.73. The standard InChI is InChI=1S/C9H12N2O2S/c1-5-7(8(12)13)11-9(14-5)10-4-6-2-3-6/h6H,2-4H2,1H3,(H,10,11)(H,12,13). The Kier molecular flexibility index (Phi) is 2.41. The van der Waals surface area contributed by atoms with Crippen molar-refractivity contribution in [2.45, 2.75) is 19.8 Å². The number of nitrogens with zero attached hydrogens (tertiary/aromatic N) is 1. The Hall–Kier alpha value is -1.10. The van der Waals surface area contributed by atoms with Gasteiger partial charge in [0, 0.05) is 11.4 Å². The van der Waals surface area contributed by atoms with Crippen molar-refractivity contribution >= 4 is 22.4 Å². The maximum Gasteiger partial charge on any atom is 0.355 e. The molecule has 2 rings (SSSR count). The molecule has 0 aliphatic heterocycles. The van der Waals surface area contributed by atoms with E-state index in [1.54, 1.807) is 6.92 Å². The smallest absolute Gasteiger partial charge is 0.355 e. The number of aromatic nitrogens is 1. The number of carboxylic acids is 1. The number of aromatic carboxylic acids is 1. The van der Waals surface area contributed by atoms with Crippen molar-refractivity contribution in [2.75, 3.05) is 11.9 Å². The second-order valence-corrected chi connectivity index (χ2v) is 4.76. The molecule has 1 aromatic heterocycles. The van der Waals surface area contributed by atoms with E-state index in [0.29, 0.717) is 0 Å². The molecule has 0 spiro atoms. The predicted molar refractivity (Wildman–Crippen MR) is 55.0 cm³/mol. The summed E-state index contributed by atoms with van der Waals surface area (Å²) in [6.07, 6.45) is 2.56. The number of nitrogens with one attached hydrogen (secondary N) is 1. The Morgan fingerprint density at radius 3 is 2.93 bits per heavy atom. The highest BCUT2D eigenvalue weighted by Gasteiger charge is 2.21. The minimum Gasteiger partial charge on any atom is -0.476 e. The van der Waals surface area contributed by atoms with Gasteiger partial charge in [0.25, 0.3) is 0 Å². The van der Waals surface area contributed by atoms with Crippen LogP contribution in [-0.2, 0) is 0 Å². The summed E-state index contributed by atoms with van der Waals surface area (Å²) < 4.78 is 0. The fourth-order valence-corrected chi connectivity index (χ4v) is 2.04. The molecule has 76 valence electrons. The van der Waals surface area contributed by atoms with Gasteiger partial charge in [-0.3, -0.25) is 0 Å². The van der Waals surface area contributed by atoms with Gasteiger partial charge < -0.3 is 10.4 Å². The van der Waals surface area contributed by atoms with E-state index in [1.807, 2.05) is 0 Å². The largest absolute Gasteiger partial charge is 0.476 e. The van der Waals surface area contributed by atoms with E-state index < -0.39 is 5.97 Å². The average Bonchev–Trinajstić information content (AvgIpc) is 2.86. The first-order chi connectivity index (χ1) is 6.66. The first kappa shape index (κ1) is 9.45. The van der Waals surface area contributed by atoms with E-state index in [2.05, 4.69) is 10.3 Å². The molecule has 0 bridgehead atoms. The molecule has 0 saturated heterocycles. The molecular weight excluding hydrogens is 200 g/mol. The van der Waals surface area contributed by atoms with E-state index in [9.17, 15) is 4.79 Å². The van der Waals surface area contributed by atoms with Crippen LogP contribution in [-0.4, -0.2) is 22.6 Å². The fraction of sp³-hybridized carbons (Fsp3) is 0.556. The summed E-state index contributed by atoms with van der Waals surface area (Å²) in [4.78, 5) is 15.5. The van der Waals surface area contributed by atoms with Crippen molar-refractivity contribution in [3.63, 3.8) is 0 Å². The SMILES string of the molecule is Cc1sc(NCC2CC2)nc1C(=O)O. The van der Waals surface area contributed by atoms with Gasteiger partial charge in [0.05, 0.1) is 0 Å². The number of aryl methyl sites for hydroxylation is 1. The molecule has 1 aliphatic carbocycles. The first-order valence-electron chi connectivity index (χ1n) is 4.61. The van der Waals surface area contributed by atoms with Crippen molar-refractivity contribution < 1.29 is 9.90 Å². The molecule has 1 aliphatic rings. The first-order valence-corrected chi connectivity index (χ1v) is 5.43. The van der Waals surface area contributed by atoms with Gasteiger partial charge in [-0.05, 0) is 25.7 Å². The number of carbonyl (C=O) groups is 1. The number of rotatable bonds is 4.